The highest BCUT2D eigenvalue weighted by Crippen LogP contribution is 2.27. The van der Waals surface area contributed by atoms with E-state index in [2.05, 4.69) is 33.2 Å². The third kappa shape index (κ3) is 3.71. The first-order valence-electron chi connectivity index (χ1n) is 6.92. The van der Waals surface area contributed by atoms with Gasteiger partial charge in [0, 0.05) is 6.54 Å². The lowest BCUT2D eigenvalue weighted by atomic mass is 9.94. The molecule has 0 aromatic heterocycles. The minimum atomic E-state index is -0.382. The fourth-order valence-corrected chi connectivity index (χ4v) is 2.97. The van der Waals surface area contributed by atoms with Gasteiger partial charge in [0.15, 0.2) is 5.82 Å². The highest BCUT2D eigenvalue weighted by Gasteiger charge is 2.16. The molecular formula is C15H19BrFN3. The molecule has 0 spiro atoms. The summed E-state index contributed by atoms with van der Waals surface area (Å²) < 4.78 is 14.2. The molecule has 1 saturated heterocycles. The van der Waals surface area contributed by atoms with Crippen molar-refractivity contribution in [3.63, 3.8) is 0 Å². The van der Waals surface area contributed by atoms with Crippen LogP contribution in [0.1, 0.15) is 24.8 Å². The van der Waals surface area contributed by atoms with Crippen molar-refractivity contribution in [2.45, 2.75) is 19.3 Å². The van der Waals surface area contributed by atoms with Gasteiger partial charge in [-0.3, -0.25) is 0 Å². The maximum atomic E-state index is 14.0. The summed E-state index contributed by atoms with van der Waals surface area (Å²) in [5, 5.41) is 12.0. The van der Waals surface area contributed by atoms with Crippen molar-refractivity contribution in [3.8, 4) is 6.07 Å². The van der Waals surface area contributed by atoms with Gasteiger partial charge in [-0.2, -0.15) is 5.26 Å². The van der Waals surface area contributed by atoms with Gasteiger partial charge in [0.1, 0.15) is 6.07 Å². The van der Waals surface area contributed by atoms with Gasteiger partial charge in [0.25, 0.3) is 0 Å². The Labute approximate surface area is 127 Å². The topological polar surface area (TPSA) is 39.1 Å². The molecule has 1 aromatic carbocycles. The van der Waals surface area contributed by atoms with E-state index in [1.54, 1.807) is 12.1 Å². The Balaban J connectivity index is 1.86. The smallest absolute Gasteiger partial charge is 0.161 e. The molecule has 1 heterocycles. The van der Waals surface area contributed by atoms with Crippen LogP contribution in [0, 0.1) is 23.1 Å². The molecule has 0 amide bonds. The van der Waals surface area contributed by atoms with Crippen LogP contribution in [0.2, 0.25) is 0 Å². The highest BCUT2D eigenvalue weighted by atomic mass is 79.9. The van der Waals surface area contributed by atoms with E-state index in [0.717, 1.165) is 32.0 Å². The Morgan fingerprint density at radius 3 is 2.80 bits per heavy atom. The summed E-state index contributed by atoms with van der Waals surface area (Å²) in [6, 6.07) is 5.22. The molecule has 1 fully saturated rings. The number of hydrogen-bond donors (Lipinski definition) is 1. The Kier molecular flexibility index (Phi) is 5.38. The number of likely N-dealkylation sites (tertiary alicyclic amines) is 1. The van der Waals surface area contributed by atoms with Gasteiger partial charge in [-0.05, 0) is 73.4 Å². The normalized spacial score (nSPS) is 16.9. The Morgan fingerprint density at radius 1 is 1.45 bits per heavy atom. The van der Waals surface area contributed by atoms with E-state index in [0.29, 0.717) is 11.3 Å². The number of nitrogens with one attached hydrogen (secondary N) is 1. The number of rotatable bonds is 4. The molecule has 5 heteroatoms. The van der Waals surface area contributed by atoms with Crippen molar-refractivity contribution in [3.05, 3.63) is 28.0 Å². The van der Waals surface area contributed by atoms with E-state index in [9.17, 15) is 4.39 Å². The van der Waals surface area contributed by atoms with Crippen LogP contribution in [0.25, 0.3) is 0 Å². The molecule has 1 aliphatic heterocycles. The van der Waals surface area contributed by atoms with E-state index in [1.807, 2.05) is 6.07 Å². The first kappa shape index (κ1) is 15.3. The van der Waals surface area contributed by atoms with Gasteiger partial charge in [-0.1, -0.05) is 0 Å². The lowest BCUT2D eigenvalue weighted by Gasteiger charge is -2.29. The van der Waals surface area contributed by atoms with Gasteiger partial charge >= 0.3 is 0 Å². The fraction of sp³-hybridized carbons (Fsp3) is 0.533. The molecule has 0 saturated carbocycles. The summed E-state index contributed by atoms with van der Waals surface area (Å²) in [4.78, 5) is 2.35. The van der Waals surface area contributed by atoms with Crippen LogP contribution in [0.4, 0.5) is 10.1 Å². The molecule has 0 atom stereocenters. The molecule has 0 radical (unpaired) electrons. The molecule has 2 rings (SSSR count). The largest absolute Gasteiger partial charge is 0.383 e. The molecule has 108 valence electrons. The number of nitrogens with zero attached hydrogens (tertiary/aromatic N) is 2. The number of anilines is 1. The summed E-state index contributed by atoms with van der Waals surface area (Å²) in [5.74, 6) is 0.344. The van der Waals surface area contributed by atoms with E-state index < -0.39 is 0 Å². The quantitative estimate of drug-likeness (QED) is 0.910. The van der Waals surface area contributed by atoms with Crippen LogP contribution in [-0.2, 0) is 0 Å². The molecule has 0 bridgehead atoms. The third-order valence-corrected chi connectivity index (χ3v) is 4.68. The molecule has 1 aromatic rings. The lowest BCUT2D eigenvalue weighted by Crippen LogP contribution is -2.30. The summed E-state index contributed by atoms with van der Waals surface area (Å²) in [6.07, 6.45) is 3.50. The first-order chi connectivity index (χ1) is 9.61. The first-order valence-corrected chi connectivity index (χ1v) is 7.71. The van der Waals surface area contributed by atoms with Gasteiger partial charge < -0.3 is 10.2 Å². The zero-order valence-corrected chi connectivity index (χ0v) is 13.2. The molecule has 1 aliphatic rings. The van der Waals surface area contributed by atoms with Crippen LogP contribution >= 0.6 is 15.9 Å². The average molecular weight is 340 g/mol. The Hall–Kier alpha value is -1.12. The minimum Gasteiger partial charge on any atom is -0.383 e. The van der Waals surface area contributed by atoms with Crippen LogP contribution < -0.4 is 5.32 Å². The lowest BCUT2D eigenvalue weighted by molar-refractivity contribution is 0.215. The predicted octanol–water partition coefficient (Wildman–Crippen LogP) is 3.60. The predicted molar refractivity (Wildman–Crippen MR) is 82.1 cm³/mol. The van der Waals surface area contributed by atoms with E-state index in [-0.39, 0.29) is 10.3 Å². The van der Waals surface area contributed by atoms with Gasteiger partial charge in [-0.25, -0.2) is 4.39 Å². The number of nitriles is 1. The SMILES string of the molecule is CN1CCC(CCNc2ccc(C#N)c(Br)c2F)CC1. The van der Waals surface area contributed by atoms with E-state index in [4.69, 9.17) is 5.26 Å². The monoisotopic (exact) mass is 339 g/mol. The molecular weight excluding hydrogens is 321 g/mol. The van der Waals surface area contributed by atoms with Crippen molar-refractivity contribution < 1.29 is 4.39 Å². The summed E-state index contributed by atoms with van der Waals surface area (Å²) in [5.41, 5.74) is 0.784. The number of benzene rings is 1. The zero-order valence-electron chi connectivity index (χ0n) is 11.6. The third-order valence-electron chi connectivity index (χ3n) is 3.91. The van der Waals surface area contributed by atoms with Crippen molar-refractivity contribution in [2.75, 3.05) is 32.0 Å². The van der Waals surface area contributed by atoms with Crippen molar-refractivity contribution in [1.29, 1.82) is 5.26 Å². The summed E-state index contributed by atoms with van der Waals surface area (Å²) in [7, 11) is 2.15. The summed E-state index contributed by atoms with van der Waals surface area (Å²) >= 11 is 3.12. The van der Waals surface area contributed by atoms with Crippen molar-refractivity contribution in [2.24, 2.45) is 5.92 Å². The second-order valence-electron chi connectivity index (χ2n) is 5.36. The van der Waals surface area contributed by atoms with Gasteiger partial charge in [-0.15, -0.1) is 0 Å². The van der Waals surface area contributed by atoms with Gasteiger partial charge in [0.05, 0.1) is 15.7 Å². The maximum absolute atomic E-state index is 14.0. The van der Waals surface area contributed by atoms with Crippen LogP contribution in [0.5, 0.6) is 0 Å². The Bertz CT molecular complexity index is 505. The highest BCUT2D eigenvalue weighted by molar-refractivity contribution is 9.10. The second-order valence-corrected chi connectivity index (χ2v) is 6.16. The molecule has 20 heavy (non-hydrogen) atoms. The number of halogens is 2. The van der Waals surface area contributed by atoms with Crippen LogP contribution in [0.3, 0.4) is 0 Å². The second kappa shape index (κ2) is 7.05. The summed E-state index contributed by atoms with van der Waals surface area (Å²) in [6.45, 7) is 3.08. The maximum Gasteiger partial charge on any atom is 0.161 e. The molecule has 3 nitrogen and oxygen atoms in total. The standard InChI is InChI=1S/C15H19BrFN3/c1-20-8-5-11(6-9-20)4-7-19-13-3-2-12(10-18)14(16)15(13)17/h2-3,11,19H,4-9H2,1H3. The van der Waals surface area contributed by atoms with Crippen molar-refractivity contribution >= 4 is 21.6 Å². The van der Waals surface area contributed by atoms with Crippen molar-refractivity contribution in [1.82, 2.24) is 4.90 Å². The molecule has 0 unspecified atom stereocenters. The molecule has 1 N–H and O–H groups in total. The fourth-order valence-electron chi connectivity index (χ4n) is 2.53. The Morgan fingerprint density at radius 2 is 2.15 bits per heavy atom. The van der Waals surface area contributed by atoms with Crippen LogP contribution in [-0.4, -0.2) is 31.6 Å². The molecule has 0 aliphatic carbocycles. The van der Waals surface area contributed by atoms with Crippen LogP contribution in [0.15, 0.2) is 16.6 Å². The zero-order chi connectivity index (χ0) is 14.5. The number of piperidine rings is 1. The van der Waals surface area contributed by atoms with E-state index in [1.165, 1.54) is 12.8 Å². The van der Waals surface area contributed by atoms with Gasteiger partial charge in [0.2, 0.25) is 0 Å². The minimum absolute atomic E-state index is 0.240. The average Bonchev–Trinajstić information content (AvgIpc) is 2.46. The number of hydrogen-bond acceptors (Lipinski definition) is 3. The van der Waals surface area contributed by atoms with E-state index >= 15 is 0 Å².